The lowest BCUT2D eigenvalue weighted by molar-refractivity contribution is 0.233. The number of unbranched alkanes of at least 4 members (excludes halogenated alkanes) is 2. The van der Waals surface area contributed by atoms with Crippen molar-refractivity contribution in [2.75, 3.05) is 13.2 Å². The number of aromatic nitrogens is 2. The molecule has 4 rings (SSSR count). The summed E-state index contributed by atoms with van der Waals surface area (Å²) >= 11 is 7.33. The van der Waals surface area contributed by atoms with Crippen LogP contribution >= 0.6 is 31.9 Å². The van der Waals surface area contributed by atoms with Gasteiger partial charge in [0.15, 0.2) is 0 Å². The second-order valence-electron chi connectivity index (χ2n) is 12.0. The predicted octanol–water partition coefficient (Wildman–Crippen LogP) is 12.7. The van der Waals surface area contributed by atoms with Gasteiger partial charge in [0, 0.05) is 8.95 Å². The summed E-state index contributed by atoms with van der Waals surface area (Å²) in [6, 6.07) is 20.5. The molecular weight excluding hydrogens is 700 g/mol. The molecule has 0 spiro atoms. The largest absolute Gasteiger partial charge is 0.493 e. The van der Waals surface area contributed by atoms with Gasteiger partial charge in [-0.1, -0.05) is 103 Å². The van der Waals surface area contributed by atoms with Gasteiger partial charge in [0.2, 0.25) is 0 Å². The third kappa shape index (κ3) is 10.8. The van der Waals surface area contributed by atoms with Crippen molar-refractivity contribution in [3.8, 4) is 11.5 Å². The minimum absolute atomic E-state index is 0.608. The molecule has 0 aliphatic rings. The first-order chi connectivity index (χ1) is 22.4. The Morgan fingerprint density at radius 2 is 0.957 bits per heavy atom. The van der Waals surface area contributed by atoms with Crippen molar-refractivity contribution in [1.82, 2.24) is 9.97 Å². The molecule has 4 aromatic rings. The van der Waals surface area contributed by atoms with Crippen LogP contribution in [-0.2, 0) is 0 Å². The molecule has 6 heteroatoms. The maximum absolute atomic E-state index is 6.12. The molecule has 0 saturated carbocycles. The fraction of sp³-hybridized carbons (Fsp3) is 0.400. The van der Waals surface area contributed by atoms with Crippen molar-refractivity contribution < 1.29 is 9.47 Å². The zero-order valence-corrected chi connectivity index (χ0v) is 30.9. The molecule has 0 bridgehead atoms. The lowest BCUT2D eigenvalue weighted by Gasteiger charge is -2.15. The van der Waals surface area contributed by atoms with E-state index in [2.05, 4.69) is 96.0 Å². The molecule has 0 amide bonds. The van der Waals surface area contributed by atoms with E-state index < -0.39 is 0 Å². The van der Waals surface area contributed by atoms with Crippen molar-refractivity contribution in [3.63, 3.8) is 0 Å². The monoisotopic (exact) mass is 746 g/mol. The van der Waals surface area contributed by atoms with E-state index in [4.69, 9.17) is 19.4 Å². The fourth-order valence-electron chi connectivity index (χ4n) is 5.27. The molecule has 1 heterocycles. The molecule has 3 aromatic carbocycles. The average Bonchev–Trinajstić information content (AvgIpc) is 3.09. The Kier molecular flexibility index (Phi) is 14.8. The van der Waals surface area contributed by atoms with Crippen LogP contribution in [-0.4, -0.2) is 23.2 Å². The first kappa shape index (κ1) is 35.9. The van der Waals surface area contributed by atoms with E-state index in [1.165, 1.54) is 38.5 Å². The van der Waals surface area contributed by atoms with Crippen LogP contribution in [0.5, 0.6) is 11.5 Å². The van der Waals surface area contributed by atoms with E-state index in [-0.39, 0.29) is 0 Å². The van der Waals surface area contributed by atoms with Gasteiger partial charge in [-0.3, -0.25) is 0 Å². The number of rotatable bonds is 18. The summed E-state index contributed by atoms with van der Waals surface area (Å²) in [6.07, 6.45) is 17.9. The number of halogens is 2. The van der Waals surface area contributed by atoms with Crippen LogP contribution in [0.2, 0.25) is 0 Å². The molecule has 0 aliphatic heterocycles. The maximum atomic E-state index is 6.12. The van der Waals surface area contributed by atoms with Crippen LogP contribution in [0, 0.1) is 11.8 Å². The molecule has 1 aromatic heterocycles. The van der Waals surface area contributed by atoms with E-state index in [9.17, 15) is 0 Å². The first-order valence-electron chi connectivity index (χ1n) is 16.9. The maximum Gasteiger partial charge on any atom is 0.119 e. The van der Waals surface area contributed by atoms with Gasteiger partial charge in [-0.05, 0) is 116 Å². The SMILES string of the molecule is CCCCC(CC)COc1ccc(/C=C/c2nc3c(Br)ccc(Br)c3nc2/C=C/c2ccc(OCC(CC)CCCC)cc2)cc1. The summed E-state index contributed by atoms with van der Waals surface area (Å²) < 4.78 is 14.0. The van der Waals surface area contributed by atoms with Gasteiger partial charge in [0.05, 0.1) is 24.6 Å². The Morgan fingerprint density at radius 1 is 0.565 bits per heavy atom. The van der Waals surface area contributed by atoms with Crippen molar-refractivity contribution in [2.45, 2.75) is 79.1 Å². The minimum Gasteiger partial charge on any atom is -0.493 e. The van der Waals surface area contributed by atoms with Gasteiger partial charge in [-0.2, -0.15) is 0 Å². The fourth-order valence-corrected chi connectivity index (χ4v) is 6.09. The summed E-state index contributed by atoms with van der Waals surface area (Å²) in [5, 5.41) is 0. The van der Waals surface area contributed by atoms with Crippen molar-refractivity contribution >= 4 is 67.2 Å². The molecule has 0 N–H and O–H groups in total. The number of ether oxygens (including phenoxy) is 2. The van der Waals surface area contributed by atoms with Gasteiger partial charge < -0.3 is 9.47 Å². The smallest absolute Gasteiger partial charge is 0.119 e. The van der Waals surface area contributed by atoms with Gasteiger partial charge in [-0.15, -0.1) is 0 Å². The number of hydrogen-bond acceptors (Lipinski definition) is 4. The molecule has 0 fully saturated rings. The van der Waals surface area contributed by atoms with E-state index in [0.29, 0.717) is 11.8 Å². The second-order valence-corrected chi connectivity index (χ2v) is 13.7. The minimum atomic E-state index is 0.608. The van der Waals surface area contributed by atoms with Crippen LogP contribution in [0.4, 0.5) is 0 Å². The molecule has 2 atom stereocenters. The predicted molar refractivity (Wildman–Crippen MR) is 203 cm³/mol. The van der Waals surface area contributed by atoms with Crippen molar-refractivity contribution in [3.05, 3.63) is 92.1 Å². The number of benzene rings is 3. The van der Waals surface area contributed by atoms with E-state index >= 15 is 0 Å². The molecule has 46 heavy (non-hydrogen) atoms. The highest BCUT2D eigenvalue weighted by Gasteiger charge is 2.11. The lowest BCUT2D eigenvalue weighted by atomic mass is 10.0. The third-order valence-electron chi connectivity index (χ3n) is 8.47. The molecule has 244 valence electrons. The summed E-state index contributed by atoms with van der Waals surface area (Å²) in [5.41, 5.74) is 5.37. The Bertz CT molecular complexity index is 1450. The molecule has 0 saturated heterocycles. The zero-order chi connectivity index (χ0) is 32.7. The molecule has 4 nitrogen and oxygen atoms in total. The van der Waals surface area contributed by atoms with Crippen LogP contribution in [0.3, 0.4) is 0 Å². The van der Waals surface area contributed by atoms with Gasteiger partial charge >= 0.3 is 0 Å². The molecule has 0 radical (unpaired) electrons. The van der Waals surface area contributed by atoms with Crippen molar-refractivity contribution in [1.29, 1.82) is 0 Å². The standard InChI is InChI=1S/C40H48Br2N2O2/c1-5-9-11-29(7-3)27-45-33-19-13-31(14-20-33)17-25-37-38(44-40-36(42)24-23-35(41)39(40)43-37)26-18-32-15-21-34(22-16-32)46-28-30(8-4)12-10-6-2/h13-26,29-30H,5-12,27-28H2,1-4H3/b25-17+,26-18+. The van der Waals surface area contributed by atoms with E-state index in [1.807, 2.05) is 48.6 Å². The summed E-state index contributed by atoms with van der Waals surface area (Å²) in [6.45, 7) is 10.5. The number of fused-ring (bicyclic) bond motifs is 1. The Balaban J connectivity index is 1.50. The lowest BCUT2D eigenvalue weighted by Crippen LogP contribution is -2.11. The average molecular weight is 749 g/mol. The van der Waals surface area contributed by atoms with E-state index in [0.717, 1.165) is 80.0 Å². The van der Waals surface area contributed by atoms with Crippen LogP contribution in [0.15, 0.2) is 69.6 Å². The van der Waals surface area contributed by atoms with Gasteiger partial charge in [-0.25, -0.2) is 9.97 Å². The number of hydrogen-bond donors (Lipinski definition) is 0. The van der Waals surface area contributed by atoms with Gasteiger partial charge in [0.1, 0.15) is 22.5 Å². The zero-order valence-electron chi connectivity index (χ0n) is 27.8. The van der Waals surface area contributed by atoms with Crippen LogP contribution < -0.4 is 9.47 Å². The molecular formula is C40H48Br2N2O2. The van der Waals surface area contributed by atoms with Crippen LogP contribution in [0.1, 0.15) is 102 Å². The third-order valence-corrected chi connectivity index (χ3v) is 9.74. The Labute approximate surface area is 293 Å². The Morgan fingerprint density at radius 3 is 1.30 bits per heavy atom. The Hall–Kier alpha value is -2.96. The summed E-state index contributed by atoms with van der Waals surface area (Å²) in [7, 11) is 0. The topological polar surface area (TPSA) is 44.2 Å². The normalized spacial score (nSPS) is 13.1. The molecule has 2 unspecified atom stereocenters. The second kappa shape index (κ2) is 19.0. The summed E-state index contributed by atoms with van der Waals surface area (Å²) in [4.78, 5) is 10.1. The van der Waals surface area contributed by atoms with Crippen molar-refractivity contribution in [2.24, 2.45) is 11.8 Å². The summed E-state index contributed by atoms with van der Waals surface area (Å²) in [5.74, 6) is 3.04. The highest BCUT2D eigenvalue weighted by atomic mass is 79.9. The van der Waals surface area contributed by atoms with Gasteiger partial charge in [0.25, 0.3) is 0 Å². The van der Waals surface area contributed by atoms with E-state index in [1.54, 1.807) is 0 Å². The quantitative estimate of drug-likeness (QED) is 0.102. The highest BCUT2D eigenvalue weighted by molar-refractivity contribution is 9.11. The van der Waals surface area contributed by atoms with Crippen LogP contribution in [0.25, 0.3) is 35.3 Å². The number of nitrogens with zero attached hydrogens (tertiary/aromatic N) is 2. The highest BCUT2D eigenvalue weighted by Crippen LogP contribution is 2.30. The molecule has 0 aliphatic carbocycles. The first-order valence-corrected chi connectivity index (χ1v) is 18.5.